The first kappa shape index (κ1) is 13.3. The van der Waals surface area contributed by atoms with Gasteiger partial charge in [0, 0.05) is 15.9 Å². The number of hydrogen-bond donors (Lipinski definition) is 2. The van der Waals surface area contributed by atoms with E-state index in [-0.39, 0.29) is 12.5 Å². The molecule has 2 N–H and O–H groups in total. The maximum absolute atomic E-state index is 12.1. The molecule has 2 heterocycles. The lowest BCUT2D eigenvalue weighted by atomic mass is 10.1. The Morgan fingerprint density at radius 1 is 1.10 bits per heavy atom. The zero-order valence-electron chi connectivity index (χ0n) is 10.6. The molecule has 0 saturated heterocycles. The molecule has 2 aromatic heterocycles. The van der Waals surface area contributed by atoms with Crippen LogP contribution in [-0.4, -0.2) is 11.0 Å². The summed E-state index contributed by atoms with van der Waals surface area (Å²) in [5.41, 5.74) is 1.90. The van der Waals surface area contributed by atoms with Gasteiger partial charge in [0.25, 0.3) is 5.91 Å². The third-order valence-corrected chi connectivity index (χ3v) is 5.11. The number of benzene rings is 1. The molecule has 1 amide bonds. The molecule has 0 unspecified atom stereocenters. The van der Waals surface area contributed by atoms with E-state index in [1.54, 1.807) is 11.3 Å². The molecule has 1 aromatic carbocycles. The van der Waals surface area contributed by atoms with Gasteiger partial charge in [-0.1, -0.05) is 24.3 Å². The molecule has 0 fully saturated rings. The predicted octanol–water partition coefficient (Wildman–Crippen LogP) is 3.39. The maximum atomic E-state index is 12.1. The van der Waals surface area contributed by atoms with Gasteiger partial charge in [0.2, 0.25) is 0 Å². The van der Waals surface area contributed by atoms with E-state index in [0.717, 1.165) is 25.4 Å². The summed E-state index contributed by atoms with van der Waals surface area (Å²) in [5.74, 6) is -0.0374. The van der Waals surface area contributed by atoms with Crippen molar-refractivity contribution >= 4 is 38.0 Å². The van der Waals surface area contributed by atoms with Crippen LogP contribution >= 0.6 is 22.7 Å². The second kappa shape index (κ2) is 5.75. The Hall–Kier alpha value is -1.69. The average Bonchev–Trinajstić information content (AvgIpc) is 3.06. The smallest absolute Gasteiger partial charge is 0.261 e. The van der Waals surface area contributed by atoms with Crippen molar-refractivity contribution in [2.24, 2.45) is 0 Å². The van der Waals surface area contributed by atoms with Gasteiger partial charge in [-0.3, -0.25) is 4.79 Å². The number of hydrogen-bond acceptors (Lipinski definition) is 4. The SMILES string of the molecule is O=C(NCc1ccc(CO)cc1)c1cc2sccc2s1. The minimum Gasteiger partial charge on any atom is -0.392 e. The first-order chi connectivity index (χ1) is 9.76. The van der Waals surface area contributed by atoms with Crippen molar-refractivity contribution in [1.29, 1.82) is 0 Å². The highest BCUT2D eigenvalue weighted by atomic mass is 32.1. The Kier molecular flexibility index (Phi) is 3.82. The third kappa shape index (κ3) is 2.75. The number of carbonyl (C=O) groups is 1. The van der Waals surface area contributed by atoms with Gasteiger partial charge in [-0.05, 0) is 28.6 Å². The van der Waals surface area contributed by atoms with E-state index in [1.165, 1.54) is 11.3 Å². The fourth-order valence-corrected chi connectivity index (χ4v) is 3.93. The summed E-state index contributed by atoms with van der Waals surface area (Å²) in [6.07, 6.45) is 0. The average molecular weight is 303 g/mol. The van der Waals surface area contributed by atoms with Crippen molar-refractivity contribution in [3.05, 3.63) is 57.8 Å². The molecule has 3 aromatic rings. The number of amides is 1. The summed E-state index contributed by atoms with van der Waals surface area (Å²) in [7, 11) is 0. The Morgan fingerprint density at radius 3 is 2.55 bits per heavy atom. The fourth-order valence-electron chi connectivity index (χ4n) is 1.91. The van der Waals surface area contributed by atoms with E-state index in [4.69, 9.17) is 5.11 Å². The van der Waals surface area contributed by atoms with Gasteiger partial charge in [0.15, 0.2) is 0 Å². The van der Waals surface area contributed by atoms with Crippen LogP contribution in [0.25, 0.3) is 9.40 Å². The number of fused-ring (bicyclic) bond motifs is 1. The highest BCUT2D eigenvalue weighted by Gasteiger charge is 2.10. The largest absolute Gasteiger partial charge is 0.392 e. The Bertz CT molecular complexity index is 699. The molecule has 0 saturated carbocycles. The van der Waals surface area contributed by atoms with E-state index < -0.39 is 0 Å². The lowest BCUT2D eigenvalue weighted by molar-refractivity contribution is 0.0955. The normalized spacial score (nSPS) is 10.8. The Labute approximate surface area is 124 Å². The van der Waals surface area contributed by atoms with Crippen molar-refractivity contribution < 1.29 is 9.90 Å². The number of rotatable bonds is 4. The van der Waals surface area contributed by atoms with Crippen LogP contribution in [0, 0.1) is 0 Å². The Morgan fingerprint density at radius 2 is 1.85 bits per heavy atom. The zero-order chi connectivity index (χ0) is 13.9. The van der Waals surface area contributed by atoms with Crippen LogP contribution in [0.3, 0.4) is 0 Å². The molecule has 0 atom stereocenters. The number of thiophene rings is 2. The van der Waals surface area contributed by atoms with Crippen LogP contribution in [0.5, 0.6) is 0 Å². The molecule has 0 spiro atoms. The van der Waals surface area contributed by atoms with Gasteiger partial charge in [-0.25, -0.2) is 0 Å². The highest BCUT2D eigenvalue weighted by molar-refractivity contribution is 7.27. The van der Waals surface area contributed by atoms with Gasteiger partial charge >= 0.3 is 0 Å². The van der Waals surface area contributed by atoms with Gasteiger partial charge < -0.3 is 10.4 Å². The van der Waals surface area contributed by atoms with Crippen LogP contribution in [-0.2, 0) is 13.2 Å². The summed E-state index contributed by atoms with van der Waals surface area (Å²) in [6.45, 7) is 0.536. The number of aliphatic hydroxyl groups excluding tert-OH is 1. The topological polar surface area (TPSA) is 49.3 Å². The molecule has 3 rings (SSSR count). The molecule has 0 aliphatic rings. The summed E-state index contributed by atoms with van der Waals surface area (Å²) in [5, 5.41) is 13.9. The van der Waals surface area contributed by atoms with E-state index >= 15 is 0 Å². The van der Waals surface area contributed by atoms with E-state index in [2.05, 4.69) is 5.32 Å². The first-order valence-electron chi connectivity index (χ1n) is 6.20. The third-order valence-electron chi connectivity index (χ3n) is 3.02. The number of aliphatic hydroxyl groups is 1. The lowest BCUT2D eigenvalue weighted by Crippen LogP contribution is -2.21. The molecule has 5 heteroatoms. The lowest BCUT2D eigenvalue weighted by Gasteiger charge is -2.04. The summed E-state index contributed by atoms with van der Waals surface area (Å²) in [4.78, 5) is 12.8. The molecule has 0 bridgehead atoms. The molecule has 20 heavy (non-hydrogen) atoms. The minimum atomic E-state index is -0.0374. The highest BCUT2D eigenvalue weighted by Crippen LogP contribution is 2.29. The van der Waals surface area contributed by atoms with E-state index in [1.807, 2.05) is 41.8 Å². The first-order valence-corrected chi connectivity index (χ1v) is 7.90. The molecular formula is C15H13NO2S2. The minimum absolute atomic E-state index is 0.0374. The molecule has 102 valence electrons. The zero-order valence-corrected chi connectivity index (χ0v) is 12.3. The van der Waals surface area contributed by atoms with Crippen molar-refractivity contribution in [3.63, 3.8) is 0 Å². The van der Waals surface area contributed by atoms with Crippen molar-refractivity contribution in [2.75, 3.05) is 0 Å². The number of nitrogens with one attached hydrogen (secondary N) is 1. The van der Waals surface area contributed by atoms with E-state index in [9.17, 15) is 4.79 Å². The molecule has 0 radical (unpaired) electrons. The maximum Gasteiger partial charge on any atom is 0.261 e. The standard InChI is InChI=1S/C15H13NO2S2/c17-9-11-3-1-10(2-4-11)8-16-15(18)14-7-13-12(20-14)5-6-19-13/h1-7,17H,8-9H2,(H,16,18). The molecule has 3 nitrogen and oxygen atoms in total. The van der Waals surface area contributed by atoms with E-state index in [0.29, 0.717) is 6.54 Å². The quantitative estimate of drug-likeness (QED) is 0.776. The van der Waals surface area contributed by atoms with Gasteiger partial charge in [-0.15, -0.1) is 22.7 Å². The van der Waals surface area contributed by atoms with Gasteiger partial charge in [-0.2, -0.15) is 0 Å². The number of carbonyl (C=O) groups excluding carboxylic acids is 1. The molecular weight excluding hydrogens is 290 g/mol. The van der Waals surface area contributed by atoms with Crippen molar-refractivity contribution in [3.8, 4) is 0 Å². The summed E-state index contributed by atoms with van der Waals surface area (Å²) >= 11 is 3.17. The fraction of sp³-hybridized carbons (Fsp3) is 0.133. The van der Waals surface area contributed by atoms with Gasteiger partial charge in [0.1, 0.15) is 0 Å². The monoisotopic (exact) mass is 303 g/mol. The van der Waals surface area contributed by atoms with Crippen LogP contribution in [0.1, 0.15) is 20.8 Å². The second-order valence-electron chi connectivity index (χ2n) is 4.42. The van der Waals surface area contributed by atoms with Crippen LogP contribution < -0.4 is 5.32 Å². The van der Waals surface area contributed by atoms with Crippen molar-refractivity contribution in [1.82, 2.24) is 5.32 Å². The predicted molar refractivity (Wildman–Crippen MR) is 83.2 cm³/mol. The molecule has 0 aliphatic carbocycles. The Balaban J connectivity index is 1.65. The van der Waals surface area contributed by atoms with Crippen LogP contribution in [0.15, 0.2) is 41.8 Å². The van der Waals surface area contributed by atoms with Gasteiger partial charge in [0.05, 0.1) is 11.5 Å². The summed E-state index contributed by atoms with van der Waals surface area (Å²) in [6, 6.07) is 11.5. The van der Waals surface area contributed by atoms with Crippen LogP contribution in [0.4, 0.5) is 0 Å². The second-order valence-corrected chi connectivity index (χ2v) is 6.45. The summed E-state index contributed by atoms with van der Waals surface area (Å²) < 4.78 is 2.32. The van der Waals surface area contributed by atoms with Crippen molar-refractivity contribution in [2.45, 2.75) is 13.2 Å². The molecule has 0 aliphatic heterocycles. The van der Waals surface area contributed by atoms with Crippen LogP contribution in [0.2, 0.25) is 0 Å².